The molecule has 1 N–H and O–H groups in total. The number of benzene rings is 1. The van der Waals surface area contributed by atoms with Gasteiger partial charge in [-0.2, -0.15) is 0 Å². The van der Waals surface area contributed by atoms with E-state index in [0.717, 1.165) is 56.9 Å². The molecule has 0 saturated heterocycles. The molecule has 1 unspecified atom stereocenters. The Morgan fingerprint density at radius 1 is 1.07 bits per heavy atom. The number of hydrogen-bond acceptors (Lipinski definition) is 5. The van der Waals surface area contributed by atoms with Gasteiger partial charge in [-0.25, -0.2) is 4.79 Å². The van der Waals surface area contributed by atoms with Crippen molar-refractivity contribution in [3.63, 3.8) is 0 Å². The lowest BCUT2D eigenvalue weighted by Gasteiger charge is -2.52. The highest BCUT2D eigenvalue weighted by Crippen LogP contribution is 2.57. The summed E-state index contributed by atoms with van der Waals surface area (Å²) >= 11 is 6.53. The minimum Gasteiger partial charge on any atom is -0.495 e. The fraction of sp³-hybridized carbons (Fsp3) is 0.682. The van der Waals surface area contributed by atoms with Crippen molar-refractivity contribution in [1.82, 2.24) is 0 Å². The molecule has 0 aromatic heterocycles. The predicted octanol–water partition coefficient (Wildman–Crippen LogP) is 6.09. The molecule has 0 amide bonds. The molecular weight excluding hydrogens is 396 g/mol. The number of rotatable bonds is 4. The third-order valence-corrected chi connectivity index (χ3v) is 7.11. The summed E-state index contributed by atoms with van der Waals surface area (Å²) in [4.78, 5) is 11.3. The Morgan fingerprint density at radius 3 is 2.17 bits per heavy atom. The maximum absolute atomic E-state index is 11.3. The lowest BCUT2D eigenvalue weighted by molar-refractivity contribution is -0.324. The Labute approximate surface area is 176 Å². The molecule has 0 radical (unpaired) electrons. The topological polar surface area (TPSA) is 74.2 Å². The summed E-state index contributed by atoms with van der Waals surface area (Å²) in [6.07, 6.45) is 9.77. The lowest BCUT2D eigenvalue weighted by atomic mass is 9.63. The second-order valence-electron chi connectivity index (χ2n) is 8.35. The highest BCUT2D eigenvalue weighted by Gasteiger charge is 2.54. The SMILES string of the molecule is COc1cc2c(cc1Cl)C(C1CCCCC1)(C1CCCCC1)OC(OC(=O)O)O2. The van der Waals surface area contributed by atoms with Crippen molar-refractivity contribution in [2.24, 2.45) is 11.8 Å². The van der Waals surface area contributed by atoms with Gasteiger partial charge in [0.25, 0.3) is 0 Å². The largest absolute Gasteiger partial charge is 0.510 e. The van der Waals surface area contributed by atoms with Crippen LogP contribution in [0.25, 0.3) is 0 Å². The van der Waals surface area contributed by atoms with Gasteiger partial charge in [-0.3, -0.25) is 4.74 Å². The summed E-state index contributed by atoms with van der Waals surface area (Å²) in [7, 11) is 1.55. The molecule has 29 heavy (non-hydrogen) atoms. The van der Waals surface area contributed by atoms with Gasteiger partial charge in [-0.15, -0.1) is 0 Å². The van der Waals surface area contributed by atoms with E-state index in [0.29, 0.717) is 16.5 Å². The molecule has 1 heterocycles. The minimum absolute atomic E-state index is 0.270. The molecular formula is C22H29ClO6. The van der Waals surface area contributed by atoms with Crippen LogP contribution in [0, 0.1) is 11.8 Å². The van der Waals surface area contributed by atoms with Crippen molar-refractivity contribution < 1.29 is 28.8 Å². The molecule has 2 saturated carbocycles. The molecule has 6 nitrogen and oxygen atoms in total. The number of halogens is 1. The van der Waals surface area contributed by atoms with E-state index in [1.807, 2.05) is 6.07 Å². The molecule has 1 aliphatic heterocycles. The zero-order valence-corrected chi connectivity index (χ0v) is 17.6. The number of carbonyl (C=O) groups is 1. The minimum atomic E-state index is -1.42. The van der Waals surface area contributed by atoms with Crippen LogP contribution in [0.4, 0.5) is 4.79 Å². The van der Waals surface area contributed by atoms with E-state index in [2.05, 4.69) is 0 Å². The van der Waals surface area contributed by atoms with Crippen molar-refractivity contribution in [3.8, 4) is 11.5 Å². The second-order valence-corrected chi connectivity index (χ2v) is 8.76. The van der Waals surface area contributed by atoms with Crippen LogP contribution in [0.15, 0.2) is 12.1 Å². The van der Waals surface area contributed by atoms with Crippen LogP contribution in [0.2, 0.25) is 5.02 Å². The lowest BCUT2D eigenvalue weighted by Crippen LogP contribution is -2.53. The monoisotopic (exact) mass is 424 g/mol. The molecule has 0 bridgehead atoms. The van der Waals surface area contributed by atoms with Gasteiger partial charge in [-0.1, -0.05) is 50.1 Å². The Hall–Kier alpha value is -1.66. The van der Waals surface area contributed by atoms with E-state index in [1.54, 1.807) is 13.2 Å². The van der Waals surface area contributed by atoms with Crippen LogP contribution in [0.3, 0.4) is 0 Å². The van der Waals surface area contributed by atoms with Gasteiger partial charge in [0, 0.05) is 11.6 Å². The Balaban J connectivity index is 1.86. The third-order valence-electron chi connectivity index (χ3n) is 6.81. The van der Waals surface area contributed by atoms with Crippen LogP contribution in [0.1, 0.15) is 69.8 Å². The fourth-order valence-corrected chi connectivity index (χ4v) is 5.84. The van der Waals surface area contributed by atoms with Gasteiger partial charge in [0.1, 0.15) is 17.1 Å². The molecule has 1 aromatic rings. The van der Waals surface area contributed by atoms with Crippen LogP contribution in [-0.2, 0) is 15.1 Å². The molecule has 1 atom stereocenters. The Morgan fingerprint density at radius 2 is 1.66 bits per heavy atom. The summed E-state index contributed by atoms with van der Waals surface area (Å²) in [6, 6.07) is 3.63. The Kier molecular flexibility index (Phi) is 6.11. The van der Waals surface area contributed by atoms with Gasteiger partial charge in [-0.05, 0) is 43.6 Å². The fourth-order valence-electron chi connectivity index (χ4n) is 5.60. The van der Waals surface area contributed by atoms with Crippen molar-refractivity contribution >= 4 is 17.8 Å². The van der Waals surface area contributed by atoms with E-state index in [-0.39, 0.29) is 11.8 Å². The number of methoxy groups -OCH3 is 1. The maximum Gasteiger partial charge on any atom is 0.510 e. The van der Waals surface area contributed by atoms with E-state index in [9.17, 15) is 9.90 Å². The number of hydrogen-bond donors (Lipinski definition) is 1. The zero-order chi connectivity index (χ0) is 20.4. The molecule has 2 aliphatic carbocycles. The van der Waals surface area contributed by atoms with Crippen LogP contribution in [0.5, 0.6) is 11.5 Å². The van der Waals surface area contributed by atoms with Crippen molar-refractivity contribution in [3.05, 3.63) is 22.7 Å². The van der Waals surface area contributed by atoms with Gasteiger partial charge in [0.2, 0.25) is 0 Å². The second kappa shape index (κ2) is 8.60. The average Bonchev–Trinajstić information content (AvgIpc) is 2.74. The van der Waals surface area contributed by atoms with Crippen LogP contribution in [-0.4, -0.2) is 24.8 Å². The third kappa shape index (κ3) is 3.89. The van der Waals surface area contributed by atoms with Gasteiger partial charge < -0.3 is 19.3 Å². The molecule has 0 spiro atoms. The molecule has 7 heteroatoms. The van der Waals surface area contributed by atoms with E-state index in [4.69, 9.17) is 30.5 Å². The smallest absolute Gasteiger partial charge is 0.495 e. The highest BCUT2D eigenvalue weighted by molar-refractivity contribution is 6.32. The molecule has 4 rings (SSSR count). The first-order valence-corrected chi connectivity index (χ1v) is 11.0. The van der Waals surface area contributed by atoms with E-state index in [1.165, 1.54) is 12.8 Å². The first-order chi connectivity index (χ1) is 14.0. The quantitative estimate of drug-likeness (QED) is 0.589. The van der Waals surface area contributed by atoms with Crippen LogP contribution < -0.4 is 9.47 Å². The van der Waals surface area contributed by atoms with E-state index >= 15 is 0 Å². The average molecular weight is 425 g/mol. The molecule has 2 fully saturated rings. The molecule has 1 aromatic carbocycles. The van der Waals surface area contributed by atoms with E-state index < -0.39 is 18.2 Å². The summed E-state index contributed by atoms with van der Waals surface area (Å²) in [6.45, 7) is -1.30. The number of carboxylic acid groups (broad SMARTS) is 1. The van der Waals surface area contributed by atoms with Crippen molar-refractivity contribution in [1.29, 1.82) is 0 Å². The van der Waals surface area contributed by atoms with Crippen molar-refractivity contribution in [2.75, 3.05) is 7.11 Å². The number of fused-ring (bicyclic) bond motifs is 1. The van der Waals surface area contributed by atoms with Gasteiger partial charge in [0.15, 0.2) is 0 Å². The predicted molar refractivity (Wildman–Crippen MR) is 107 cm³/mol. The number of ether oxygens (including phenoxy) is 4. The molecule has 160 valence electrons. The molecule has 3 aliphatic rings. The first kappa shape index (κ1) is 20.6. The summed E-state index contributed by atoms with van der Waals surface area (Å²) in [5.74, 6) is 1.57. The summed E-state index contributed by atoms with van der Waals surface area (Å²) < 4.78 is 22.7. The Bertz CT molecular complexity index is 721. The summed E-state index contributed by atoms with van der Waals surface area (Å²) in [5.41, 5.74) is 0.247. The van der Waals surface area contributed by atoms with Gasteiger partial charge >= 0.3 is 12.6 Å². The standard InChI is InChI=1S/C22H29ClO6/c1-26-19-13-18-16(12-17(19)23)22(14-8-4-2-5-9-14,15-10-6-3-7-11-15)29-21(27-18)28-20(24)25/h12-15,21H,2-11H2,1H3,(H,24,25). The van der Waals surface area contributed by atoms with Gasteiger partial charge in [0.05, 0.1) is 12.1 Å². The summed E-state index contributed by atoms with van der Waals surface area (Å²) in [5, 5.41) is 9.73. The normalized spacial score (nSPS) is 25.0. The maximum atomic E-state index is 11.3. The van der Waals surface area contributed by atoms with Crippen LogP contribution >= 0.6 is 11.6 Å². The highest BCUT2D eigenvalue weighted by atomic mass is 35.5. The zero-order valence-electron chi connectivity index (χ0n) is 16.8. The van der Waals surface area contributed by atoms with Crippen molar-refractivity contribution in [2.45, 2.75) is 76.3 Å². The first-order valence-electron chi connectivity index (χ1n) is 10.7.